The van der Waals surface area contributed by atoms with Crippen LogP contribution in [-0.4, -0.2) is 44.2 Å². The molecule has 18 heavy (non-hydrogen) atoms. The minimum atomic E-state index is 0.590. The van der Waals surface area contributed by atoms with Gasteiger partial charge >= 0.3 is 0 Å². The standard InChI is InChI=1S/C14H23N3O/c1-4-16-7-8-17(10-11(16)2)12-5-6-13(15)14(9-12)18-3/h5-6,9,11H,4,7-8,10,15H2,1-3H3. The highest BCUT2D eigenvalue weighted by Crippen LogP contribution is 2.28. The van der Waals surface area contributed by atoms with Crippen molar-refractivity contribution in [3.63, 3.8) is 0 Å². The van der Waals surface area contributed by atoms with Gasteiger partial charge in [0.15, 0.2) is 0 Å². The monoisotopic (exact) mass is 249 g/mol. The molecule has 0 spiro atoms. The van der Waals surface area contributed by atoms with Crippen LogP contribution in [0.3, 0.4) is 0 Å². The van der Waals surface area contributed by atoms with Gasteiger partial charge in [-0.1, -0.05) is 6.92 Å². The maximum absolute atomic E-state index is 5.85. The van der Waals surface area contributed by atoms with Crippen LogP contribution >= 0.6 is 0 Å². The topological polar surface area (TPSA) is 41.7 Å². The first-order chi connectivity index (χ1) is 8.65. The predicted molar refractivity (Wildman–Crippen MR) is 76.3 cm³/mol. The van der Waals surface area contributed by atoms with Gasteiger partial charge in [-0.25, -0.2) is 0 Å². The van der Waals surface area contributed by atoms with E-state index in [9.17, 15) is 0 Å². The third-order valence-electron chi connectivity index (χ3n) is 3.75. The number of anilines is 2. The lowest BCUT2D eigenvalue weighted by Gasteiger charge is -2.40. The maximum Gasteiger partial charge on any atom is 0.143 e. The highest BCUT2D eigenvalue weighted by molar-refractivity contribution is 5.62. The van der Waals surface area contributed by atoms with Crippen molar-refractivity contribution in [3.8, 4) is 5.75 Å². The second-order valence-corrected chi connectivity index (χ2v) is 4.85. The molecule has 1 aromatic rings. The number of ether oxygens (including phenoxy) is 1. The molecule has 4 heteroatoms. The Bertz CT molecular complexity index is 408. The lowest BCUT2D eigenvalue weighted by molar-refractivity contribution is 0.199. The molecule has 1 unspecified atom stereocenters. The highest BCUT2D eigenvalue weighted by atomic mass is 16.5. The molecule has 1 aliphatic heterocycles. The van der Waals surface area contributed by atoms with Gasteiger partial charge in [0.2, 0.25) is 0 Å². The van der Waals surface area contributed by atoms with Crippen LogP contribution in [0, 0.1) is 0 Å². The molecule has 4 nitrogen and oxygen atoms in total. The summed E-state index contributed by atoms with van der Waals surface area (Å²) in [5.41, 5.74) is 7.74. The van der Waals surface area contributed by atoms with Crippen LogP contribution in [0.4, 0.5) is 11.4 Å². The molecule has 0 amide bonds. The van der Waals surface area contributed by atoms with Gasteiger partial charge in [0.05, 0.1) is 12.8 Å². The summed E-state index contributed by atoms with van der Waals surface area (Å²) in [7, 11) is 1.66. The molecule has 1 aromatic carbocycles. The van der Waals surface area contributed by atoms with E-state index in [0.717, 1.165) is 31.9 Å². The number of hydrogen-bond acceptors (Lipinski definition) is 4. The number of nitrogen functional groups attached to an aromatic ring is 1. The number of piperazine rings is 1. The number of methoxy groups -OCH3 is 1. The van der Waals surface area contributed by atoms with Crippen LogP contribution in [0.2, 0.25) is 0 Å². The first kappa shape index (κ1) is 13.0. The molecule has 0 radical (unpaired) electrons. The van der Waals surface area contributed by atoms with Gasteiger partial charge in [-0.05, 0) is 25.6 Å². The van der Waals surface area contributed by atoms with Crippen molar-refractivity contribution in [1.29, 1.82) is 0 Å². The van der Waals surface area contributed by atoms with E-state index in [4.69, 9.17) is 10.5 Å². The predicted octanol–water partition coefficient (Wildman–Crippen LogP) is 1.81. The second-order valence-electron chi connectivity index (χ2n) is 4.85. The van der Waals surface area contributed by atoms with E-state index >= 15 is 0 Å². The van der Waals surface area contributed by atoms with Crippen molar-refractivity contribution >= 4 is 11.4 Å². The van der Waals surface area contributed by atoms with Crippen molar-refractivity contribution in [1.82, 2.24) is 4.90 Å². The zero-order chi connectivity index (χ0) is 13.1. The minimum absolute atomic E-state index is 0.590. The smallest absolute Gasteiger partial charge is 0.143 e. The van der Waals surface area contributed by atoms with E-state index < -0.39 is 0 Å². The van der Waals surface area contributed by atoms with Gasteiger partial charge in [0.1, 0.15) is 5.75 Å². The van der Waals surface area contributed by atoms with Gasteiger partial charge in [0.25, 0.3) is 0 Å². The van der Waals surface area contributed by atoms with Crippen LogP contribution in [0.15, 0.2) is 18.2 Å². The third-order valence-corrected chi connectivity index (χ3v) is 3.75. The fourth-order valence-electron chi connectivity index (χ4n) is 2.60. The summed E-state index contributed by atoms with van der Waals surface area (Å²) in [5, 5.41) is 0. The Morgan fingerprint density at radius 1 is 1.39 bits per heavy atom. The van der Waals surface area contributed by atoms with E-state index in [1.807, 2.05) is 12.1 Å². The van der Waals surface area contributed by atoms with Crippen molar-refractivity contribution < 1.29 is 4.74 Å². The van der Waals surface area contributed by atoms with E-state index in [0.29, 0.717) is 11.7 Å². The zero-order valence-electron chi connectivity index (χ0n) is 11.5. The average Bonchev–Trinajstić information content (AvgIpc) is 2.39. The van der Waals surface area contributed by atoms with E-state index in [1.54, 1.807) is 7.11 Å². The Kier molecular flexibility index (Phi) is 3.97. The van der Waals surface area contributed by atoms with E-state index in [1.165, 1.54) is 5.69 Å². The number of likely N-dealkylation sites (N-methyl/N-ethyl adjacent to an activating group) is 1. The molecule has 1 saturated heterocycles. The number of nitrogens with zero attached hydrogens (tertiary/aromatic N) is 2. The molecule has 1 aliphatic rings. The molecule has 0 aromatic heterocycles. The summed E-state index contributed by atoms with van der Waals surface area (Å²) in [5.74, 6) is 0.762. The van der Waals surface area contributed by atoms with Crippen molar-refractivity contribution in [3.05, 3.63) is 18.2 Å². The summed E-state index contributed by atoms with van der Waals surface area (Å²) >= 11 is 0. The van der Waals surface area contributed by atoms with Crippen LogP contribution < -0.4 is 15.4 Å². The molecule has 0 bridgehead atoms. The highest BCUT2D eigenvalue weighted by Gasteiger charge is 2.22. The van der Waals surface area contributed by atoms with Crippen LogP contribution in [0.1, 0.15) is 13.8 Å². The Morgan fingerprint density at radius 2 is 2.17 bits per heavy atom. The number of rotatable bonds is 3. The van der Waals surface area contributed by atoms with Crippen LogP contribution in [0.5, 0.6) is 5.75 Å². The lowest BCUT2D eigenvalue weighted by Crippen LogP contribution is -2.51. The van der Waals surface area contributed by atoms with Crippen molar-refractivity contribution in [2.45, 2.75) is 19.9 Å². The number of hydrogen-bond donors (Lipinski definition) is 1. The lowest BCUT2D eigenvalue weighted by atomic mass is 10.1. The molecule has 2 rings (SSSR count). The van der Waals surface area contributed by atoms with Gasteiger partial charge < -0.3 is 15.4 Å². The molecule has 0 aliphatic carbocycles. The van der Waals surface area contributed by atoms with Crippen LogP contribution in [0.25, 0.3) is 0 Å². The maximum atomic E-state index is 5.85. The molecule has 2 N–H and O–H groups in total. The van der Waals surface area contributed by atoms with Gasteiger partial charge in [-0.15, -0.1) is 0 Å². The molecular weight excluding hydrogens is 226 g/mol. The first-order valence-corrected chi connectivity index (χ1v) is 6.58. The molecule has 1 atom stereocenters. The van der Waals surface area contributed by atoms with Gasteiger partial charge in [-0.3, -0.25) is 4.90 Å². The normalized spacial score (nSPS) is 21.1. The summed E-state index contributed by atoms with van der Waals surface area (Å²) in [6.07, 6.45) is 0. The average molecular weight is 249 g/mol. The fraction of sp³-hybridized carbons (Fsp3) is 0.571. The molecule has 0 saturated carbocycles. The molecule has 1 fully saturated rings. The quantitative estimate of drug-likeness (QED) is 0.830. The van der Waals surface area contributed by atoms with Crippen molar-refractivity contribution in [2.75, 3.05) is 43.9 Å². The van der Waals surface area contributed by atoms with Gasteiger partial charge in [0, 0.05) is 37.4 Å². The fourth-order valence-corrected chi connectivity index (χ4v) is 2.60. The van der Waals surface area contributed by atoms with Crippen molar-refractivity contribution in [2.24, 2.45) is 0 Å². The van der Waals surface area contributed by atoms with Crippen LogP contribution in [-0.2, 0) is 0 Å². The summed E-state index contributed by atoms with van der Waals surface area (Å²) < 4.78 is 5.28. The molecule has 100 valence electrons. The Hall–Kier alpha value is -1.42. The SMILES string of the molecule is CCN1CCN(c2ccc(N)c(OC)c2)CC1C. The Balaban J connectivity index is 2.13. The van der Waals surface area contributed by atoms with E-state index in [2.05, 4.69) is 29.7 Å². The molecular formula is C14H23N3O. The number of benzene rings is 1. The minimum Gasteiger partial charge on any atom is -0.495 e. The Morgan fingerprint density at radius 3 is 2.78 bits per heavy atom. The first-order valence-electron chi connectivity index (χ1n) is 6.58. The van der Waals surface area contributed by atoms with Gasteiger partial charge in [-0.2, -0.15) is 0 Å². The zero-order valence-corrected chi connectivity index (χ0v) is 11.5. The largest absolute Gasteiger partial charge is 0.495 e. The summed E-state index contributed by atoms with van der Waals surface area (Å²) in [4.78, 5) is 4.91. The van der Waals surface area contributed by atoms with E-state index in [-0.39, 0.29) is 0 Å². The summed E-state index contributed by atoms with van der Waals surface area (Å²) in [6.45, 7) is 8.86. The molecule has 1 heterocycles. The number of nitrogens with two attached hydrogens (primary N) is 1. The second kappa shape index (κ2) is 5.48. The third kappa shape index (κ3) is 2.53. The Labute approximate surface area is 109 Å². The summed E-state index contributed by atoms with van der Waals surface area (Å²) in [6, 6.07) is 6.62.